The van der Waals surface area contributed by atoms with Gasteiger partial charge < -0.3 is 9.32 Å². The van der Waals surface area contributed by atoms with Gasteiger partial charge in [0, 0.05) is 23.7 Å². The fraction of sp³-hybridized carbons (Fsp3) is 0.308. The highest BCUT2D eigenvalue weighted by atomic mass is 79.9. The summed E-state index contributed by atoms with van der Waals surface area (Å²) >= 11 is 3.48. The number of Topliss-reactive ketones (excluding diaryl/α,β-unsaturated/α-hetero) is 1. The molecule has 4 nitrogen and oxygen atoms in total. The highest BCUT2D eigenvalue weighted by molar-refractivity contribution is 9.10. The maximum absolute atomic E-state index is 10.9. The number of benzene rings is 1. The third-order valence-corrected chi connectivity index (χ3v) is 3.28. The molecule has 0 aliphatic heterocycles. The summed E-state index contributed by atoms with van der Waals surface area (Å²) in [5.74, 6) is 1.29. The smallest absolute Gasteiger partial charge is 0.227 e. The number of hydrogen-bond acceptors (Lipinski definition) is 4. The van der Waals surface area contributed by atoms with E-state index >= 15 is 0 Å². The average molecular weight is 309 g/mol. The van der Waals surface area contributed by atoms with Crippen molar-refractivity contribution in [3.8, 4) is 0 Å². The van der Waals surface area contributed by atoms with E-state index in [4.69, 9.17) is 4.52 Å². The van der Waals surface area contributed by atoms with Gasteiger partial charge >= 0.3 is 0 Å². The van der Waals surface area contributed by atoms with Crippen molar-refractivity contribution < 1.29 is 9.32 Å². The monoisotopic (exact) mass is 308 g/mol. The van der Waals surface area contributed by atoms with Crippen molar-refractivity contribution in [2.45, 2.75) is 26.2 Å². The van der Waals surface area contributed by atoms with E-state index < -0.39 is 0 Å². The zero-order chi connectivity index (χ0) is 13.0. The Morgan fingerprint density at radius 3 is 2.89 bits per heavy atom. The number of carbonyl (C=O) groups is 1. The van der Waals surface area contributed by atoms with Crippen molar-refractivity contribution in [1.82, 2.24) is 10.1 Å². The Morgan fingerprint density at radius 2 is 2.17 bits per heavy atom. The molecule has 0 spiro atoms. The Kier molecular flexibility index (Phi) is 4.25. The van der Waals surface area contributed by atoms with Crippen LogP contribution in [0.25, 0.3) is 0 Å². The number of hydrogen-bond donors (Lipinski definition) is 0. The summed E-state index contributed by atoms with van der Waals surface area (Å²) in [5, 5.41) is 3.91. The summed E-state index contributed by atoms with van der Waals surface area (Å²) in [6.45, 7) is 1.55. The predicted octanol–water partition coefficient (Wildman–Crippen LogP) is 2.94. The Hall–Kier alpha value is -1.49. The second-order valence-electron chi connectivity index (χ2n) is 4.07. The Morgan fingerprint density at radius 1 is 1.39 bits per heavy atom. The van der Waals surface area contributed by atoms with Gasteiger partial charge in [0.15, 0.2) is 5.82 Å². The Balaban J connectivity index is 2.02. The molecule has 0 atom stereocenters. The fourth-order valence-corrected chi connectivity index (χ4v) is 1.98. The number of aromatic nitrogens is 2. The number of ketones is 1. The van der Waals surface area contributed by atoms with Crippen LogP contribution in [0.5, 0.6) is 0 Å². The first kappa shape index (κ1) is 13.0. The number of aryl methyl sites for hydroxylation is 1. The molecule has 1 aromatic heterocycles. The highest BCUT2D eigenvalue weighted by Crippen LogP contribution is 2.18. The van der Waals surface area contributed by atoms with Crippen LogP contribution < -0.4 is 0 Å². The fourth-order valence-electron chi connectivity index (χ4n) is 1.56. The van der Waals surface area contributed by atoms with Crippen molar-refractivity contribution in [3.05, 3.63) is 46.0 Å². The van der Waals surface area contributed by atoms with Gasteiger partial charge in [-0.25, -0.2) is 0 Å². The molecule has 0 fully saturated rings. The number of nitrogens with zero attached hydrogens (tertiary/aromatic N) is 2. The SMILES string of the molecule is CC(=O)CCc1nc(Cc2ccccc2Br)no1. The van der Waals surface area contributed by atoms with Gasteiger partial charge in [-0.2, -0.15) is 4.98 Å². The first-order valence-electron chi connectivity index (χ1n) is 5.69. The topological polar surface area (TPSA) is 56.0 Å². The zero-order valence-electron chi connectivity index (χ0n) is 10.0. The van der Waals surface area contributed by atoms with Gasteiger partial charge in [0.1, 0.15) is 5.78 Å². The molecule has 0 unspecified atom stereocenters. The quantitative estimate of drug-likeness (QED) is 0.852. The molecular weight excluding hydrogens is 296 g/mol. The van der Waals surface area contributed by atoms with Crippen molar-refractivity contribution in [3.63, 3.8) is 0 Å². The van der Waals surface area contributed by atoms with E-state index in [9.17, 15) is 4.79 Å². The van der Waals surface area contributed by atoms with Crippen LogP contribution in [0.1, 0.15) is 30.6 Å². The molecule has 94 valence electrons. The van der Waals surface area contributed by atoms with Crippen molar-refractivity contribution in [1.29, 1.82) is 0 Å². The van der Waals surface area contributed by atoms with Crippen LogP contribution in [-0.4, -0.2) is 15.9 Å². The maximum Gasteiger partial charge on any atom is 0.227 e. The molecule has 0 N–H and O–H groups in total. The molecule has 0 bridgehead atoms. The van der Waals surface area contributed by atoms with E-state index in [0.717, 1.165) is 10.0 Å². The Labute approximate surface area is 114 Å². The summed E-state index contributed by atoms with van der Waals surface area (Å²) in [4.78, 5) is 15.1. The molecule has 5 heteroatoms. The normalized spacial score (nSPS) is 10.6. The second kappa shape index (κ2) is 5.91. The summed E-state index contributed by atoms with van der Waals surface area (Å²) < 4.78 is 6.13. The van der Waals surface area contributed by atoms with Gasteiger partial charge in [-0.05, 0) is 18.6 Å². The second-order valence-corrected chi connectivity index (χ2v) is 4.93. The number of carbonyl (C=O) groups excluding carboxylic acids is 1. The molecule has 1 heterocycles. The number of rotatable bonds is 5. The standard InChI is InChI=1S/C13H13BrN2O2/c1-9(17)6-7-13-15-12(16-18-13)8-10-4-2-3-5-11(10)14/h2-5H,6-8H2,1H3. The summed E-state index contributed by atoms with van der Waals surface area (Å²) in [5.41, 5.74) is 1.11. The van der Waals surface area contributed by atoms with Crippen molar-refractivity contribution in [2.75, 3.05) is 0 Å². The molecular formula is C13H13BrN2O2. The van der Waals surface area contributed by atoms with Gasteiger partial charge in [0.2, 0.25) is 5.89 Å². The molecule has 18 heavy (non-hydrogen) atoms. The van der Waals surface area contributed by atoms with E-state index in [-0.39, 0.29) is 5.78 Å². The van der Waals surface area contributed by atoms with Crippen LogP contribution in [0, 0.1) is 0 Å². The molecule has 2 rings (SSSR count). The molecule has 0 radical (unpaired) electrons. The molecule has 2 aromatic rings. The van der Waals surface area contributed by atoms with Gasteiger partial charge in [-0.15, -0.1) is 0 Å². The molecule has 0 saturated heterocycles. The summed E-state index contributed by atoms with van der Waals surface area (Å²) in [7, 11) is 0. The highest BCUT2D eigenvalue weighted by Gasteiger charge is 2.09. The molecule has 1 aromatic carbocycles. The van der Waals surface area contributed by atoms with E-state index in [0.29, 0.717) is 31.0 Å². The van der Waals surface area contributed by atoms with Crippen LogP contribution in [0.3, 0.4) is 0 Å². The van der Waals surface area contributed by atoms with Gasteiger partial charge in [0.25, 0.3) is 0 Å². The minimum absolute atomic E-state index is 0.126. The molecule has 0 amide bonds. The average Bonchev–Trinajstić information content (AvgIpc) is 2.77. The number of halogens is 1. The lowest BCUT2D eigenvalue weighted by molar-refractivity contribution is -0.117. The van der Waals surface area contributed by atoms with Crippen LogP contribution in [0.15, 0.2) is 33.3 Å². The Bertz CT molecular complexity index is 551. The van der Waals surface area contributed by atoms with E-state index in [2.05, 4.69) is 26.1 Å². The maximum atomic E-state index is 10.9. The van der Waals surface area contributed by atoms with E-state index in [1.807, 2.05) is 24.3 Å². The first-order valence-corrected chi connectivity index (χ1v) is 6.49. The zero-order valence-corrected chi connectivity index (χ0v) is 11.6. The summed E-state index contributed by atoms with van der Waals surface area (Å²) in [6.07, 6.45) is 1.57. The molecule has 0 saturated carbocycles. The van der Waals surface area contributed by atoms with Crippen molar-refractivity contribution >= 4 is 21.7 Å². The minimum Gasteiger partial charge on any atom is -0.339 e. The minimum atomic E-state index is 0.126. The predicted molar refractivity (Wildman–Crippen MR) is 70.2 cm³/mol. The van der Waals surface area contributed by atoms with Crippen LogP contribution in [0.4, 0.5) is 0 Å². The van der Waals surface area contributed by atoms with Crippen LogP contribution >= 0.6 is 15.9 Å². The lowest BCUT2D eigenvalue weighted by Gasteiger charge is -1.99. The van der Waals surface area contributed by atoms with Gasteiger partial charge in [-0.1, -0.05) is 39.3 Å². The van der Waals surface area contributed by atoms with Gasteiger partial charge in [0.05, 0.1) is 0 Å². The largest absolute Gasteiger partial charge is 0.339 e. The molecule has 0 aliphatic rings. The third kappa shape index (κ3) is 3.50. The summed E-state index contributed by atoms with van der Waals surface area (Å²) in [6, 6.07) is 7.92. The third-order valence-electron chi connectivity index (χ3n) is 2.51. The van der Waals surface area contributed by atoms with E-state index in [1.54, 1.807) is 6.92 Å². The lowest BCUT2D eigenvalue weighted by atomic mass is 10.1. The van der Waals surface area contributed by atoms with Crippen molar-refractivity contribution in [2.24, 2.45) is 0 Å². The molecule has 0 aliphatic carbocycles. The first-order chi connectivity index (χ1) is 8.65. The lowest BCUT2D eigenvalue weighted by Crippen LogP contribution is -1.95. The van der Waals surface area contributed by atoms with Gasteiger partial charge in [-0.3, -0.25) is 0 Å². The van der Waals surface area contributed by atoms with Crippen LogP contribution in [0.2, 0.25) is 0 Å². The van der Waals surface area contributed by atoms with E-state index in [1.165, 1.54) is 0 Å². The van der Waals surface area contributed by atoms with Crippen LogP contribution in [-0.2, 0) is 17.6 Å².